The molecule has 0 bridgehead atoms. The SMILES string of the molecule is O=C(O)c1ccc(S(=O)(=O)Cc2cccnc2)cc1Cl. The van der Waals surface area contributed by atoms with Crippen LogP contribution in [0.1, 0.15) is 15.9 Å². The second-order valence-corrected chi connectivity index (χ2v) is 6.46. The summed E-state index contributed by atoms with van der Waals surface area (Å²) in [5, 5.41) is 8.75. The first kappa shape index (κ1) is 14.5. The molecule has 0 aliphatic carbocycles. The molecule has 0 aliphatic heterocycles. The van der Waals surface area contributed by atoms with Crippen LogP contribution in [0.4, 0.5) is 0 Å². The minimum absolute atomic E-state index is 0.0173. The highest BCUT2D eigenvalue weighted by atomic mass is 35.5. The molecule has 20 heavy (non-hydrogen) atoms. The molecule has 0 saturated carbocycles. The van der Waals surface area contributed by atoms with E-state index in [4.69, 9.17) is 16.7 Å². The summed E-state index contributed by atoms with van der Waals surface area (Å²) >= 11 is 5.78. The summed E-state index contributed by atoms with van der Waals surface area (Å²) < 4.78 is 24.4. The van der Waals surface area contributed by atoms with Gasteiger partial charge in [-0.2, -0.15) is 0 Å². The highest BCUT2D eigenvalue weighted by molar-refractivity contribution is 7.90. The predicted molar refractivity (Wildman–Crippen MR) is 73.5 cm³/mol. The molecular formula is C13H10ClNO4S. The Morgan fingerprint density at radius 3 is 2.60 bits per heavy atom. The van der Waals surface area contributed by atoms with Crippen LogP contribution in [-0.2, 0) is 15.6 Å². The fraction of sp³-hybridized carbons (Fsp3) is 0.0769. The Labute approximate surface area is 120 Å². The molecule has 0 amide bonds. The summed E-state index contributed by atoms with van der Waals surface area (Å²) in [6.45, 7) is 0. The first-order chi connectivity index (χ1) is 9.40. The second kappa shape index (κ2) is 5.60. The van der Waals surface area contributed by atoms with Gasteiger partial charge >= 0.3 is 5.97 Å². The van der Waals surface area contributed by atoms with Gasteiger partial charge in [0.2, 0.25) is 0 Å². The lowest BCUT2D eigenvalue weighted by Crippen LogP contribution is -2.06. The van der Waals surface area contributed by atoms with Gasteiger partial charge in [-0.05, 0) is 29.8 Å². The predicted octanol–water partition coefficient (Wildman–Crippen LogP) is 2.41. The van der Waals surface area contributed by atoms with Crippen LogP contribution in [0, 0.1) is 0 Å². The Kier molecular flexibility index (Phi) is 4.06. The van der Waals surface area contributed by atoms with E-state index in [9.17, 15) is 13.2 Å². The quantitative estimate of drug-likeness (QED) is 0.937. The van der Waals surface area contributed by atoms with Gasteiger partial charge in [0.1, 0.15) is 0 Å². The van der Waals surface area contributed by atoms with Gasteiger partial charge in [-0.3, -0.25) is 4.98 Å². The van der Waals surface area contributed by atoms with E-state index in [2.05, 4.69) is 4.98 Å². The van der Waals surface area contributed by atoms with Crippen molar-refractivity contribution in [1.29, 1.82) is 0 Å². The Balaban J connectivity index is 2.35. The molecular weight excluding hydrogens is 302 g/mol. The van der Waals surface area contributed by atoms with Crippen LogP contribution in [0.25, 0.3) is 0 Å². The minimum Gasteiger partial charge on any atom is -0.478 e. The summed E-state index contributed by atoms with van der Waals surface area (Å²) in [7, 11) is -3.60. The number of nitrogens with zero attached hydrogens (tertiary/aromatic N) is 1. The van der Waals surface area contributed by atoms with Crippen molar-refractivity contribution in [3.63, 3.8) is 0 Å². The Hall–Kier alpha value is -1.92. The van der Waals surface area contributed by atoms with Gasteiger partial charge < -0.3 is 5.11 Å². The van der Waals surface area contributed by atoms with E-state index in [-0.39, 0.29) is 21.2 Å². The van der Waals surface area contributed by atoms with Gasteiger partial charge in [0.25, 0.3) is 0 Å². The van der Waals surface area contributed by atoms with Crippen LogP contribution in [0.15, 0.2) is 47.6 Å². The van der Waals surface area contributed by atoms with E-state index < -0.39 is 15.8 Å². The zero-order valence-corrected chi connectivity index (χ0v) is 11.7. The number of aromatic nitrogens is 1. The molecule has 0 atom stereocenters. The standard InChI is InChI=1S/C13H10ClNO4S/c14-12-6-10(3-4-11(12)13(16)17)20(18,19)8-9-2-1-5-15-7-9/h1-7H,8H2,(H,16,17). The first-order valence-electron chi connectivity index (χ1n) is 5.54. The maximum Gasteiger partial charge on any atom is 0.337 e. The molecule has 1 N–H and O–H groups in total. The summed E-state index contributed by atoms with van der Waals surface area (Å²) in [5.74, 6) is -1.42. The average Bonchev–Trinajstić information content (AvgIpc) is 2.38. The van der Waals surface area contributed by atoms with Gasteiger partial charge in [-0.15, -0.1) is 0 Å². The molecule has 0 unspecified atom stereocenters. The second-order valence-electron chi connectivity index (χ2n) is 4.07. The van der Waals surface area contributed by atoms with Gasteiger partial charge in [-0.1, -0.05) is 17.7 Å². The van der Waals surface area contributed by atoms with Crippen LogP contribution < -0.4 is 0 Å². The van der Waals surface area contributed by atoms with Crippen molar-refractivity contribution < 1.29 is 18.3 Å². The van der Waals surface area contributed by atoms with Crippen LogP contribution >= 0.6 is 11.6 Å². The monoisotopic (exact) mass is 311 g/mol. The third-order valence-corrected chi connectivity index (χ3v) is 4.61. The average molecular weight is 312 g/mol. The van der Waals surface area contributed by atoms with Crippen LogP contribution in [0.3, 0.4) is 0 Å². The Morgan fingerprint density at radius 2 is 2.05 bits per heavy atom. The number of halogens is 1. The van der Waals surface area contributed by atoms with Gasteiger partial charge in [-0.25, -0.2) is 13.2 Å². The largest absolute Gasteiger partial charge is 0.478 e. The van der Waals surface area contributed by atoms with Gasteiger partial charge in [0, 0.05) is 12.4 Å². The zero-order valence-electron chi connectivity index (χ0n) is 10.2. The van der Waals surface area contributed by atoms with E-state index in [0.717, 1.165) is 6.07 Å². The fourth-order valence-corrected chi connectivity index (χ4v) is 3.32. The van der Waals surface area contributed by atoms with Gasteiger partial charge in [0.05, 0.1) is 21.2 Å². The maximum absolute atomic E-state index is 12.2. The minimum atomic E-state index is -3.60. The third kappa shape index (κ3) is 3.15. The van der Waals surface area contributed by atoms with E-state index in [1.165, 1.54) is 18.3 Å². The van der Waals surface area contributed by atoms with E-state index in [0.29, 0.717) is 5.56 Å². The summed E-state index contributed by atoms with van der Waals surface area (Å²) in [6.07, 6.45) is 3.01. The molecule has 0 aliphatic rings. The smallest absolute Gasteiger partial charge is 0.337 e. The number of carboxylic acid groups (broad SMARTS) is 1. The molecule has 1 aromatic heterocycles. The molecule has 0 spiro atoms. The topological polar surface area (TPSA) is 84.3 Å². The molecule has 1 heterocycles. The molecule has 2 rings (SSSR count). The highest BCUT2D eigenvalue weighted by Crippen LogP contribution is 2.23. The molecule has 5 nitrogen and oxygen atoms in total. The number of aromatic carboxylic acids is 1. The van der Waals surface area contributed by atoms with Crippen molar-refractivity contribution in [2.24, 2.45) is 0 Å². The maximum atomic E-state index is 12.2. The highest BCUT2D eigenvalue weighted by Gasteiger charge is 2.18. The molecule has 0 saturated heterocycles. The van der Waals surface area contributed by atoms with Crippen molar-refractivity contribution >= 4 is 27.4 Å². The number of sulfone groups is 1. The molecule has 7 heteroatoms. The van der Waals surface area contributed by atoms with E-state index in [1.54, 1.807) is 18.3 Å². The number of carbonyl (C=O) groups is 1. The van der Waals surface area contributed by atoms with Crippen molar-refractivity contribution in [3.05, 3.63) is 58.9 Å². The summed E-state index contributed by atoms with van der Waals surface area (Å²) in [6, 6.07) is 6.86. The summed E-state index contributed by atoms with van der Waals surface area (Å²) in [4.78, 5) is 14.7. The normalized spacial score (nSPS) is 11.2. The lowest BCUT2D eigenvalue weighted by Gasteiger charge is -2.06. The van der Waals surface area contributed by atoms with Crippen LogP contribution in [0.2, 0.25) is 5.02 Å². The molecule has 0 fully saturated rings. The van der Waals surface area contributed by atoms with E-state index in [1.807, 2.05) is 0 Å². The molecule has 2 aromatic rings. The first-order valence-corrected chi connectivity index (χ1v) is 7.58. The number of pyridine rings is 1. The molecule has 1 aromatic carbocycles. The fourth-order valence-electron chi connectivity index (χ4n) is 1.65. The molecule has 104 valence electrons. The summed E-state index contributed by atoms with van der Waals surface area (Å²) in [5.41, 5.74) is 0.415. The van der Waals surface area contributed by atoms with Gasteiger partial charge in [0.15, 0.2) is 9.84 Å². The van der Waals surface area contributed by atoms with Crippen molar-refractivity contribution in [2.75, 3.05) is 0 Å². The number of carboxylic acids is 1. The molecule has 0 radical (unpaired) electrons. The Bertz CT molecular complexity index is 744. The zero-order chi connectivity index (χ0) is 14.8. The lowest BCUT2D eigenvalue weighted by atomic mass is 10.2. The number of rotatable bonds is 4. The van der Waals surface area contributed by atoms with Crippen molar-refractivity contribution in [3.8, 4) is 0 Å². The third-order valence-electron chi connectivity index (χ3n) is 2.61. The number of hydrogen-bond acceptors (Lipinski definition) is 4. The van der Waals surface area contributed by atoms with Crippen molar-refractivity contribution in [2.45, 2.75) is 10.6 Å². The van der Waals surface area contributed by atoms with Crippen LogP contribution in [0.5, 0.6) is 0 Å². The number of hydrogen-bond donors (Lipinski definition) is 1. The Morgan fingerprint density at radius 1 is 1.30 bits per heavy atom. The number of benzene rings is 1. The van der Waals surface area contributed by atoms with Crippen LogP contribution in [-0.4, -0.2) is 24.5 Å². The van der Waals surface area contributed by atoms with Crippen molar-refractivity contribution in [1.82, 2.24) is 4.98 Å². The van der Waals surface area contributed by atoms with E-state index >= 15 is 0 Å². The lowest BCUT2D eigenvalue weighted by molar-refractivity contribution is 0.0697.